The molecule has 0 aromatic heterocycles. The summed E-state index contributed by atoms with van der Waals surface area (Å²) in [7, 11) is 0. The standard InChI is InChI=1S/C14H22N2O/c1-14(2,17)10-16-9-5-7-12(15)11-6-3-4-8-13(11)16/h3-4,6,8,12,17H,5,7,9-10,15H2,1-2H3. The number of anilines is 1. The lowest BCUT2D eigenvalue weighted by Crippen LogP contribution is -2.39. The van der Waals surface area contributed by atoms with Crippen molar-refractivity contribution in [3.63, 3.8) is 0 Å². The molecule has 0 saturated carbocycles. The molecule has 1 aromatic carbocycles. The Morgan fingerprint density at radius 2 is 2.12 bits per heavy atom. The summed E-state index contributed by atoms with van der Waals surface area (Å²) in [5.41, 5.74) is 7.89. The lowest BCUT2D eigenvalue weighted by molar-refractivity contribution is 0.0873. The number of benzene rings is 1. The van der Waals surface area contributed by atoms with Gasteiger partial charge in [-0.2, -0.15) is 0 Å². The average Bonchev–Trinajstić information content (AvgIpc) is 2.39. The van der Waals surface area contributed by atoms with Crippen LogP contribution in [0.25, 0.3) is 0 Å². The monoisotopic (exact) mass is 234 g/mol. The summed E-state index contributed by atoms with van der Waals surface area (Å²) in [5.74, 6) is 0. The summed E-state index contributed by atoms with van der Waals surface area (Å²) >= 11 is 0. The van der Waals surface area contributed by atoms with Crippen molar-refractivity contribution in [1.29, 1.82) is 0 Å². The third-order valence-electron chi connectivity index (χ3n) is 3.20. The van der Waals surface area contributed by atoms with Gasteiger partial charge in [0.05, 0.1) is 5.60 Å². The maximum atomic E-state index is 9.98. The largest absolute Gasteiger partial charge is 0.389 e. The maximum absolute atomic E-state index is 9.98. The quantitative estimate of drug-likeness (QED) is 0.823. The van der Waals surface area contributed by atoms with Gasteiger partial charge >= 0.3 is 0 Å². The minimum absolute atomic E-state index is 0.123. The van der Waals surface area contributed by atoms with Gasteiger partial charge in [0.15, 0.2) is 0 Å². The molecule has 3 nitrogen and oxygen atoms in total. The fraction of sp³-hybridized carbons (Fsp3) is 0.571. The fourth-order valence-electron chi connectivity index (χ4n) is 2.50. The zero-order chi connectivity index (χ0) is 12.5. The third-order valence-corrected chi connectivity index (χ3v) is 3.20. The second kappa shape index (κ2) is 4.67. The topological polar surface area (TPSA) is 49.5 Å². The number of para-hydroxylation sites is 1. The van der Waals surface area contributed by atoms with E-state index in [1.807, 2.05) is 26.0 Å². The van der Waals surface area contributed by atoms with E-state index < -0.39 is 5.60 Å². The van der Waals surface area contributed by atoms with Gasteiger partial charge in [-0.05, 0) is 38.3 Å². The number of β-amino-alcohol motifs (C(OH)–C–C–N with tert-alkyl or cyclic N) is 1. The first kappa shape index (κ1) is 12.4. The molecule has 1 aliphatic heterocycles. The van der Waals surface area contributed by atoms with Crippen molar-refractivity contribution in [2.45, 2.75) is 38.3 Å². The summed E-state index contributed by atoms with van der Waals surface area (Å²) < 4.78 is 0. The average molecular weight is 234 g/mol. The highest BCUT2D eigenvalue weighted by Crippen LogP contribution is 2.31. The van der Waals surface area contributed by atoms with Gasteiger partial charge in [-0.3, -0.25) is 0 Å². The van der Waals surface area contributed by atoms with Crippen molar-refractivity contribution in [2.24, 2.45) is 5.73 Å². The number of rotatable bonds is 2. The number of nitrogens with two attached hydrogens (primary N) is 1. The van der Waals surface area contributed by atoms with Gasteiger partial charge < -0.3 is 15.7 Å². The Kier molecular flexibility index (Phi) is 3.40. The highest BCUT2D eigenvalue weighted by Gasteiger charge is 2.24. The van der Waals surface area contributed by atoms with Crippen molar-refractivity contribution in [3.05, 3.63) is 29.8 Å². The predicted molar refractivity (Wildman–Crippen MR) is 71.1 cm³/mol. The van der Waals surface area contributed by atoms with E-state index in [-0.39, 0.29) is 6.04 Å². The predicted octanol–water partition coefficient (Wildman–Crippen LogP) is 2.06. The van der Waals surface area contributed by atoms with Crippen LogP contribution in [0.1, 0.15) is 38.3 Å². The van der Waals surface area contributed by atoms with Gasteiger partial charge in [-0.1, -0.05) is 18.2 Å². The fourth-order valence-corrected chi connectivity index (χ4v) is 2.50. The van der Waals surface area contributed by atoms with Crippen LogP contribution in [0.4, 0.5) is 5.69 Å². The zero-order valence-electron chi connectivity index (χ0n) is 10.7. The highest BCUT2D eigenvalue weighted by molar-refractivity contribution is 5.56. The number of fused-ring (bicyclic) bond motifs is 1. The normalized spacial score (nSPS) is 20.9. The second-order valence-corrected chi connectivity index (χ2v) is 5.54. The maximum Gasteiger partial charge on any atom is 0.0765 e. The summed E-state index contributed by atoms with van der Waals surface area (Å²) in [6.45, 7) is 5.31. The molecule has 0 aliphatic carbocycles. The highest BCUT2D eigenvalue weighted by atomic mass is 16.3. The van der Waals surface area contributed by atoms with Crippen molar-refractivity contribution < 1.29 is 5.11 Å². The van der Waals surface area contributed by atoms with Crippen molar-refractivity contribution >= 4 is 5.69 Å². The Labute approximate surface area is 103 Å². The third kappa shape index (κ3) is 2.99. The van der Waals surface area contributed by atoms with Gasteiger partial charge in [0.25, 0.3) is 0 Å². The summed E-state index contributed by atoms with van der Waals surface area (Å²) in [6.07, 6.45) is 2.09. The van der Waals surface area contributed by atoms with Crippen LogP contribution in [-0.4, -0.2) is 23.8 Å². The number of hydrogen-bond acceptors (Lipinski definition) is 3. The molecule has 0 saturated heterocycles. The Hall–Kier alpha value is -1.06. The first-order valence-corrected chi connectivity index (χ1v) is 6.29. The van der Waals surface area contributed by atoms with Crippen LogP contribution in [0.3, 0.4) is 0 Å². The molecule has 2 rings (SSSR count). The number of nitrogens with zero attached hydrogens (tertiary/aromatic N) is 1. The Bertz CT molecular complexity index is 384. The molecule has 1 aliphatic rings. The van der Waals surface area contributed by atoms with Gasteiger partial charge in [0.2, 0.25) is 0 Å². The van der Waals surface area contributed by atoms with Crippen LogP contribution >= 0.6 is 0 Å². The first-order chi connectivity index (χ1) is 7.97. The van der Waals surface area contributed by atoms with E-state index >= 15 is 0 Å². The lowest BCUT2D eigenvalue weighted by Gasteiger charge is -2.31. The van der Waals surface area contributed by atoms with Crippen molar-refractivity contribution in [1.82, 2.24) is 0 Å². The molecule has 0 spiro atoms. The second-order valence-electron chi connectivity index (χ2n) is 5.54. The van der Waals surface area contributed by atoms with Crippen molar-refractivity contribution in [2.75, 3.05) is 18.0 Å². The molecule has 0 fully saturated rings. The molecular weight excluding hydrogens is 212 g/mol. The summed E-state index contributed by atoms with van der Waals surface area (Å²) in [6, 6.07) is 8.40. The summed E-state index contributed by atoms with van der Waals surface area (Å²) in [4.78, 5) is 2.25. The van der Waals surface area contributed by atoms with Crippen LogP contribution in [0.5, 0.6) is 0 Å². The SMILES string of the molecule is CC(C)(O)CN1CCCC(N)c2ccccc21. The van der Waals surface area contributed by atoms with Crippen LogP contribution in [0, 0.1) is 0 Å². The minimum Gasteiger partial charge on any atom is -0.389 e. The Balaban J connectivity index is 2.32. The molecule has 3 heteroatoms. The summed E-state index contributed by atoms with van der Waals surface area (Å²) in [5, 5.41) is 9.98. The smallest absolute Gasteiger partial charge is 0.0765 e. The van der Waals surface area contributed by atoms with Gasteiger partial charge in [-0.25, -0.2) is 0 Å². The van der Waals surface area contributed by atoms with E-state index in [4.69, 9.17) is 5.73 Å². The molecule has 1 atom stereocenters. The molecule has 0 bridgehead atoms. The first-order valence-electron chi connectivity index (χ1n) is 6.29. The number of aliphatic hydroxyl groups is 1. The Morgan fingerprint density at radius 3 is 2.82 bits per heavy atom. The molecule has 94 valence electrons. The lowest BCUT2D eigenvalue weighted by atomic mass is 10.0. The van der Waals surface area contributed by atoms with Crippen LogP contribution in [-0.2, 0) is 0 Å². The van der Waals surface area contributed by atoms with Crippen LogP contribution in [0.2, 0.25) is 0 Å². The van der Waals surface area contributed by atoms with Crippen LogP contribution in [0.15, 0.2) is 24.3 Å². The Morgan fingerprint density at radius 1 is 1.41 bits per heavy atom. The molecule has 0 amide bonds. The van der Waals surface area contributed by atoms with E-state index in [0.717, 1.165) is 19.4 Å². The molecule has 1 heterocycles. The van der Waals surface area contributed by atoms with Gasteiger partial charge in [-0.15, -0.1) is 0 Å². The molecule has 3 N–H and O–H groups in total. The molecule has 17 heavy (non-hydrogen) atoms. The molecular formula is C14H22N2O. The molecule has 1 unspecified atom stereocenters. The van der Waals surface area contributed by atoms with Crippen molar-refractivity contribution in [3.8, 4) is 0 Å². The van der Waals surface area contributed by atoms with Crippen LogP contribution < -0.4 is 10.6 Å². The zero-order valence-corrected chi connectivity index (χ0v) is 10.7. The van der Waals surface area contributed by atoms with Gasteiger partial charge in [0, 0.05) is 24.8 Å². The molecule has 1 aromatic rings. The van der Waals surface area contributed by atoms with E-state index in [1.165, 1.54) is 11.3 Å². The van der Waals surface area contributed by atoms with E-state index in [2.05, 4.69) is 17.0 Å². The number of hydrogen-bond donors (Lipinski definition) is 2. The van der Waals surface area contributed by atoms with Gasteiger partial charge in [0.1, 0.15) is 0 Å². The minimum atomic E-state index is -0.679. The molecule has 0 radical (unpaired) electrons. The van der Waals surface area contributed by atoms with E-state index in [9.17, 15) is 5.11 Å². The van der Waals surface area contributed by atoms with E-state index in [1.54, 1.807) is 0 Å². The van der Waals surface area contributed by atoms with E-state index in [0.29, 0.717) is 6.54 Å².